The number of carbonyl (C=O) groups excluding carboxylic acids is 6. The molecule has 1 saturated heterocycles. The lowest BCUT2D eigenvalue weighted by Gasteiger charge is -2.17. The van der Waals surface area contributed by atoms with Crippen molar-refractivity contribution in [2.24, 2.45) is 5.92 Å². The van der Waals surface area contributed by atoms with Crippen molar-refractivity contribution in [1.82, 2.24) is 5.06 Å². The summed E-state index contributed by atoms with van der Waals surface area (Å²) in [4.78, 5) is 79.4. The van der Waals surface area contributed by atoms with Crippen LogP contribution in [0.15, 0.2) is 60.7 Å². The third-order valence-corrected chi connectivity index (χ3v) is 4.83. The van der Waals surface area contributed by atoms with Crippen LogP contribution in [0.1, 0.15) is 41.5 Å². The average molecular weight is 513 g/mol. The van der Waals surface area contributed by atoms with Gasteiger partial charge in [0.25, 0.3) is 0 Å². The molecule has 12 heteroatoms. The van der Waals surface area contributed by atoms with E-state index in [4.69, 9.17) is 18.9 Å². The zero-order chi connectivity index (χ0) is 27.1. The van der Waals surface area contributed by atoms with Crippen molar-refractivity contribution in [2.75, 3.05) is 0 Å². The summed E-state index contributed by atoms with van der Waals surface area (Å²) in [7, 11) is 0. The highest BCUT2D eigenvalue weighted by Gasteiger charge is 2.55. The first-order valence-electron chi connectivity index (χ1n) is 11.1. The lowest BCUT2D eigenvalue weighted by atomic mass is 10.2. The third kappa shape index (κ3) is 6.69. The second-order valence-corrected chi connectivity index (χ2v) is 7.97. The summed E-state index contributed by atoms with van der Waals surface area (Å²) in [6.45, 7) is 4.33. The first kappa shape index (κ1) is 26.9. The number of hydrogen-bond acceptors (Lipinski definition) is 11. The van der Waals surface area contributed by atoms with Crippen LogP contribution in [-0.4, -0.2) is 59.4 Å². The van der Waals surface area contributed by atoms with E-state index in [1.165, 1.54) is 31.2 Å². The van der Waals surface area contributed by atoms with Crippen molar-refractivity contribution in [2.45, 2.75) is 39.3 Å². The number of esters is 3. The Morgan fingerprint density at radius 1 is 0.703 bits per heavy atom. The highest BCUT2D eigenvalue weighted by molar-refractivity contribution is 6.09. The van der Waals surface area contributed by atoms with E-state index < -0.39 is 60.3 Å². The number of amides is 2. The highest BCUT2D eigenvalue weighted by Crippen LogP contribution is 2.24. The lowest BCUT2D eigenvalue weighted by molar-refractivity contribution is -0.194. The molecule has 194 valence electrons. The molecule has 0 aliphatic carbocycles. The highest BCUT2D eigenvalue weighted by atomic mass is 16.9. The van der Waals surface area contributed by atoms with Crippen molar-refractivity contribution in [1.29, 1.82) is 0 Å². The molecule has 2 aromatic carbocycles. The SMILES string of the molecule is CC(C)C(=O)O[C@H](C)OC(=O)ON1C(=O)[C@H](OC(=O)c2ccccc2)[C@@H](OC(=O)c2ccccc2)C1=O. The lowest BCUT2D eigenvalue weighted by Crippen LogP contribution is -2.37. The van der Waals surface area contributed by atoms with Crippen LogP contribution in [-0.2, 0) is 38.2 Å². The van der Waals surface area contributed by atoms with Gasteiger partial charge in [0.2, 0.25) is 18.5 Å². The largest absolute Gasteiger partial charge is 0.537 e. The van der Waals surface area contributed by atoms with Gasteiger partial charge in [0.05, 0.1) is 17.0 Å². The predicted octanol–water partition coefficient (Wildman–Crippen LogP) is 2.42. The second-order valence-electron chi connectivity index (χ2n) is 7.97. The van der Waals surface area contributed by atoms with E-state index in [9.17, 15) is 28.8 Å². The normalized spacial score (nSPS) is 17.7. The van der Waals surface area contributed by atoms with Crippen molar-refractivity contribution >= 4 is 35.9 Å². The van der Waals surface area contributed by atoms with Crippen LogP contribution in [0.2, 0.25) is 0 Å². The first-order valence-corrected chi connectivity index (χ1v) is 11.1. The molecule has 3 rings (SSSR count). The smallest absolute Gasteiger partial charge is 0.444 e. The molecule has 0 radical (unpaired) electrons. The molecule has 2 amide bonds. The fourth-order valence-electron chi connectivity index (χ4n) is 2.98. The van der Waals surface area contributed by atoms with Gasteiger partial charge in [-0.15, -0.1) is 0 Å². The zero-order valence-electron chi connectivity index (χ0n) is 20.0. The van der Waals surface area contributed by atoms with Crippen LogP contribution < -0.4 is 0 Å². The number of benzene rings is 2. The van der Waals surface area contributed by atoms with E-state index in [1.807, 2.05) is 0 Å². The van der Waals surface area contributed by atoms with Crippen molar-refractivity contribution in [3.63, 3.8) is 0 Å². The molecule has 3 atom stereocenters. The number of nitrogens with zero attached hydrogens (tertiary/aromatic N) is 1. The van der Waals surface area contributed by atoms with Crippen LogP contribution in [0.25, 0.3) is 0 Å². The average Bonchev–Trinajstić information content (AvgIpc) is 3.08. The number of carbonyl (C=O) groups is 6. The summed E-state index contributed by atoms with van der Waals surface area (Å²) in [5.74, 6) is -5.77. The maximum atomic E-state index is 12.9. The van der Waals surface area contributed by atoms with E-state index in [-0.39, 0.29) is 16.2 Å². The Balaban J connectivity index is 1.77. The molecule has 0 spiro atoms. The van der Waals surface area contributed by atoms with Gasteiger partial charge in [-0.3, -0.25) is 19.2 Å². The van der Waals surface area contributed by atoms with Crippen LogP contribution in [0.3, 0.4) is 0 Å². The van der Waals surface area contributed by atoms with E-state index in [0.29, 0.717) is 0 Å². The molecule has 0 N–H and O–H groups in total. The van der Waals surface area contributed by atoms with Gasteiger partial charge in [-0.05, 0) is 24.3 Å². The maximum absolute atomic E-state index is 12.9. The predicted molar refractivity (Wildman–Crippen MR) is 121 cm³/mol. The van der Waals surface area contributed by atoms with Gasteiger partial charge in [0.15, 0.2) is 0 Å². The number of hydrogen-bond donors (Lipinski definition) is 0. The molecule has 0 unspecified atom stereocenters. The molecule has 0 aromatic heterocycles. The molecule has 1 aliphatic heterocycles. The Morgan fingerprint density at radius 3 is 1.54 bits per heavy atom. The van der Waals surface area contributed by atoms with E-state index >= 15 is 0 Å². The molecule has 12 nitrogen and oxygen atoms in total. The Bertz CT molecular complexity index is 1110. The van der Waals surface area contributed by atoms with E-state index in [1.54, 1.807) is 50.2 Å². The molecule has 0 saturated carbocycles. The maximum Gasteiger partial charge on any atom is 0.537 e. The fourth-order valence-corrected chi connectivity index (χ4v) is 2.98. The summed E-state index contributed by atoms with van der Waals surface area (Å²) in [6.07, 6.45) is -6.91. The summed E-state index contributed by atoms with van der Waals surface area (Å²) in [6, 6.07) is 15.1. The molecule has 2 aromatic rings. The molecular weight excluding hydrogens is 490 g/mol. The van der Waals surface area contributed by atoms with Gasteiger partial charge in [0.1, 0.15) is 0 Å². The molecule has 37 heavy (non-hydrogen) atoms. The first-order chi connectivity index (χ1) is 17.6. The summed E-state index contributed by atoms with van der Waals surface area (Å²) < 4.78 is 19.9. The standard InChI is InChI=1S/C25H23NO11/c1-14(2)22(29)33-15(3)34-25(32)37-26-20(27)18(35-23(30)16-10-6-4-7-11-16)19(21(26)28)36-24(31)17-12-8-5-9-13-17/h4-15,18-19H,1-3H3/t15-,18+,19+/m0/s1. The quantitative estimate of drug-likeness (QED) is 0.221. The molecule has 1 aliphatic rings. The number of ether oxygens (including phenoxy) is 4. The minimum Gasteiger partial charge on any atom is -0.444 e. The Labute approximate surface area is 210 Å². The molecule has 1 heterocycles. The number of imide groups is 1. The van der Waals surface area contributed by atoms with Gasteiger partial charge >= 0.3 is 35.9 Å². The van der Waals surface area contributed by atoms with Crippen LogP contribution >= 0.6 is 0 Å². The van der Waals surface area contributed by atoms with E-state index in [2.05, 4.69) is 4.84 Å². The van der Waals surface area contributed by atoms with Crippen molar-refractivity contribution < 1.29 is 52.6 Å². The van der Waals surface area contributed by atoms with Crippen molar-refractivity contribution in [3.05, 3.63) is 71.8 Å². The van der Waals surface area contributed by atoms with Gasteiger partial charge in [-0.25, -0.2) is 14.4 Å². The second kappa shape index (κ2) is 11.8. The van der Waals surface area contributed by atoms with Crippen LogP contribution in [0.5, 0.6) is 0 Å². The van der Waals surface area contributed by atoms with Crippen molar-refractivity contribution in [3.8, 4) is 0 Å². The van der Waals surface area contributed by atoms with Gasteiger partial charge in [-0.1, -0.05) is 55.3 Å². The molecular formula is C25H23NO11. The molecule has 0 bridgehead atoms. The minimum absolute atomic E-state index is 0.0365. The van der Waals surface area contributed by atoms with Crippen LogP contribution in [0, 0.1) is 5.92 Å². The summed E-state index contributed by atoms with van der Waals surface area (Å²) in [5, 5.41) is -0.0365. The Morgan fingerprint density at radius 2 is 1.14 bits per heavy atom. The van der Waals surface area contributed by atoms with Crippen LogP contribution in [0.4, 0.5) is 4.79 Å². The number of hydroxylamine groups is 2. The number of rotatable bonds is 8. The van der Waals surface area contributed by atoms with Gasteiger partial charge < -0.3 is 18.9 Å². The fraction of sp³-hybridized carbons (Fsp3) is 0.280. The monoisotopic (exact) mass is 513 g/mol. The third-order valence-electron chi connectivity index (χ3n) is 4.83. The Hall–Kier alpha value is -4.74. The Kier molecular flexibility index (Phi) is 8.56. The van der Waals surface area contributed by atoms with E-state index in [0.717, 1.165) is 0 Å². The minimum atomic E-state index is -1.96. The summed E-state index contributed by atoms with van der Waals surface area (Å²) in [5.41, 5.74) is 0.103. The molecule has 1 fully saturated rings. The topological polar surface area (TPSA) is 152 Å². The zero-order valence-corrected chi connectivity index (χ0v) is 20.0. The summed E-state index contributed by atoms with van der Waals surface area (Å²) >= 11 is 0. The van der Waals surface area contributed by atoms with Gasteiger partial charge in [-0.2, -0.15) is 0 Å². The van der Waals surface area contributed by atoms with Gasteiger partial charge in [0, 0.05) is 6.92 Å².